The first-order valence-corrected chi connectivity index (χ1v) is 7.19. The van der Waals surface area contributed by atoms with Gasteiger partial charge in [-0.15, -0.1) is 0 Å². The second-order valence-electron chi connectivity index (χ2n) is 6.19. The Morgan fingerprint density at radius 1 is 1.21 bits per heavy atom. The van der Waals surface area contributed by atoms with Crippen molar-refractivity contribution in [3.63, 3.8) is 0 Å². The normalized spacial score (nSPS) is 19.4. The van der Waals surface area contributed by atoms with Crippen LogP contribution in [0.2, 0.25) is 0 Å². The van der Waals surface area contributed by atoms with E-state index in [0.717, 1.165) is 18.7 Å². The van der Waals surface area contributed by atoms with Crippen molar-refractivity contribution in [2.75, 3.05) is 13.1 Å². The molecule has 1 atom stereocenters. The lowest BCUT2D eigenvalue weighted by Gasteiger charge is -2.44. The minimum atomic E-state index is -0.160. The van der Waals surface area contributed by atoms with Crippen LogP contribution in [0.4, 0.5) is 4.39 Å². The molecule has 1 saturated heterocycles. The molecule has 0 radical (unpaired) electrons. The molecule has 1 unspecified atom stereocenters. The van der Waals surface area contributed by atoms with E-state index in [4.69, 9.17) is 5.73 Å². The number of piperidine rings is 1. The maximum atomic E-state index is 13.4. The van der Waals surface area contributed by atoms with Crippen molar-refractivity contribution in [3.05, 3.63) is 35.1 Å². The van der Waals surface area contributed by atoms with Gasteiger partial charge in [-0.3, -0.25) is 4.90 Å². The minimum absolute atomic E-state index is 0.0926. The first-order valence-electron chi connectivity index (χ1n) is 7.19. The number of nitrogens with two attached hydrogens (primary N) is 1. The summed E-state index contributed by atoms with van der Waals surface area (Å²) in [6.07, 6.45) is 3.81. The molecular weight excluding hydrogens is 239 g/mol. The zero-order valence-electron chi connectivity index (χ0n) is 12.2. The van der Waals surface area contributed by atoms with Crippen LogP contribution >= 0.6 is 0 Å². The smallest absolute Gasteiger partial charge is 0.126 e. The number of nitrogens with zero attached hydrogens (tertiary/aromatic N) is 1. The number of rotatable bonds is 3. The van der Waals surface area contributed by atoms with Crippen LogP contribution in [0.3, 0.4) is 0 Å². The van der Waals surface area contributed by atoms with E-state index in [9.17, 15) is 4.39 Å². The predicted molar refractivity (Wildman–Crippen MR) is 77.6 cm³/mol. The highest BCUT2D eigenvalue weighted by molar-refractivity contribution is 5.28. The molecule has 1 fully saturated rings. The fraction of sp³-hybridized carbons (Fsp3) is 0.625. The summed E-state index contributed by atoms with van der Waals surface area (Å²) < 4.78 is 13.4. The number of halogens is 1. The van der Waals surface area contributed by atoms with Crippen molar-refractivity contribution in [2.24, 2.45) is 5.73 Å². The molecule has 1 aliphatic rings. The molecule has 0 aromatic heterocycles. The van der Waals surface area contributed by atoms with E-state index >= 15 is 0 Å². The highest BCUT2D eigenvalue weighted by Crippen LogP contribution is 2.31. The monoisotopic (exact) mass is 264 g/mol. The molecule has 106 valence electrons. The van der Waals surface area contributed by atoms with Gasteiger partial charge < -0.3 is 5.73 Å². The van der Waals surface area contributed by atoms with Crippen LogP contribution in [0, 0.1) is 12.7 Å². The lowest BCUT2D eigenvalue weighted by atomic mass is 9.85. The van der Waals surface area contributed by atoms with E-state index in [1.807, 2.05) is 12.1 Å². The van der Waals surface area contributed by atoms with Crippen LogP contribution in [0.15, 0.2) is 18.2 Å². The fourth-order valence-corrected chi connectivity index (χ4v) is 2.94. The topological polar surface area (TPSA) is 29.3 Å². The van der Waals surface area contributed by atoms with E-state index in [-0.39, 0.29) is 17.4 Å². The van der Waals surface area contributed by atoms with Crippen molar-refractivity contribution in [1.82, 2.24) is 4.90 Å². The summed E-state index contributed by atoms with van der Waals surface area (Å²) in [6, 6.07) is 5.13. The van der Waals surface area contributed by atoms with Crippen LogP contribution in [0.25, 0.3) is 0 Å². The summed E-state index contributed by atoms with van der Waals surface area (Å²) in [5, 5.41) is 0. The van der Waals surface area contributed by atoms with Gasteiger partial charge in [-0.05, 0) is 63.9 Å². The molecule has 1 aromatic rings. The molecular formula is C16H25FN2. The van der Waals surface area contributed by atoms with Gasteiger partial charge in [-0.25, -0.2) is 4.39 Å². The van der Waals surface area contributed by atoms with Crippen molar-refractivity contribution in [3.8, 4) is 0 Å². The Hall–Kier alpha value is -0.930. The van der Waals surface area contributed by atoms with E-state index in [0.29, 0.717) is 5.56 Å². The summed E-state index contributed by atoms with van der Waals surface area (Å²) in [7, 11) is 0. The Labute approximate surface area is 115 Å². The largest absolute Gasteiger partial charge is 0.322 e. The number of hydrogen-bond acceptors (Lipinski definition) is 2. The van der Waals surface area contributed by atoms with Gasteiger partial charge in [0.05, 0.1) is 0 Å². The Balaban J connectivity index is 2.20. The average molecular weight is 264 g/mol. The highest BCUT2D eigenvalue weighted by atomic mass is 19.1. The molecule has 3 heteroatoms. The van der Waals surface area contributed by atoms with Crippen molar-refractivity contribution in [1.29, 1.82) is 0 Å². The van der Waals surface area contributed by atoms with Crippen LogP contribution in [-0.2, 0) is 0 Å². The summed E-state index contributed by atoms with van der Waals surface area (Å²) in [4.78, 5) is 2.47. The molecule has 1 aromatic carbocycles. The molecule has 2 N–H and O–H groups in total. The molecule has 0 amide bonds. The van der Waals surface area contributed by atoms with Gasteiger partial charge in [0.1, 0.15) is 5.82 Å². The number of likely N-dealkylation sites (tertiary alicyclic amines) is 1. The first-order chi connectivity index (χ1) is 8.93. The molecule has 1 heterocycles. The Morgan fingerprint density at radius 2 is 1.84 bits per heavy atom. The first kappa shape index (κ1) is 14.5. The van der Waals surface area contributed by atoms with E-state index < -0.39 is 0 Å². The van der Waals surface area contributed by atoms with Gasteiger partial charge >= 0.3 is 0 Å². The standard InChI is InChI=1S/C16H25FN2/c1-12-11-13(7-8-14(12)17)15(18)16(2,3)19-9-5-4-6-10-19/h7-8,11,15H,4-6,9-10,18H2,1-3H3. The van der Waals surface area contributed by atoms with Crippen LogP contribution in [0.5, 0.6) is 0 Å². The van der Waals surface area contributed by atoms with Gasteiger partial charge in [-0.1, -0.05) is 18.6 Å². The maximum absolute atomic E-state index is 13.4. The summed E-state index contributed by atoms with van der Waals surface area (Å²) >= 11 is 0. The van der Waals surface area contributed by atoms with E-state index in [1.165, 1.54) is 25.3 Å². The van der Waals surface area contributed by atoms with E-state index in [1.54, 1.807) is 6.92 Å². The zero-order chi connectivity index (χ0) is 14.0. The summed E-state index contributed by atoms with van der Waals surface area (Å²) in [5.74, 6) is -0.160. The van der Waals surface area contributed by atoms with Crippen LogP contribution < -0.4 is 5.73 Å². The second kappa shape index (κ2) is 5.59. The van der Waals surface area contributed by atoms with Crippen molar-refractivity contribution >= 4 is 0 Å². The SMILES string of the molecule is Cc1cc(C(N)C(C)(C)N2CCCCC2)ccc1F. The summed E-state index contributed by atoms with van der Waals surface area (Å²) in [6.45, 7) is 8.41. The Kier molecular flexibility index (Phi) is 4.26. The number of benzene rings is 1. The van der Waals surface area contributed by atoms with Gasteiger partial charge in [0.2, 0.25) is 0 Å². The zero-order valence-corrected chi connectivity index (χ0v) is 12.2. The third-order valence-electron chi connectivity index (χ3n) is 4.47. The lowest BCUT2D eigenvalue weighted by molar-refractivity contribution is 0.0729. The Bertz CT molecular complexity index is 436. The van der Waals surface area contributed by atoms with Crippen LogP contribution in [0.1, 0.15) is 50.3 Å². The molecule has 1 aliphatic heterocycles. The molecule has 2 rings (SSSR count). The molecule has 0 spiro atoms. The number of aryl methyl sites for hydroxylation is 1. The van der Waals surface area contributed by atoms with Gasteiger partial charge in [0.15, 0.2) is 0 Å². The molecule has 19 heavy (non-hydrogen) atoms. The second-order valence-corrected chi connectivity index (χ2v) is 6.19. The minimum Gasteiger partial charge on any atom is -0.322 e. The maximum Gasteiger partial charge on any atom is 0.126 e. The summed E-state index contributed by atoms with van der Waals surface area (Å²) in [5.41, 5.74) is 8.06. The molecule has 0 saturated carbocycles. The van der Waals surface area contributed by atoms with E-state index in [2.05, 4.69) is 18.7 Å². The van der Waals surface area contributed by atoms with Crippen LogP contribution in [-0.4, -0.2) is 23.5 Å². The Morgan fingerprint density at radius 3 is 2.42 bits per heavy atom. The van der Waals surface area contributed by atoms with Crippen molar-refractivity contribution < 1.29 is 4.39 Å². The lowest BCUT2D eigenvalue weighted by Crippen LogP contribution is -2.53. The quantitative estimate of drug-likeness (QED) is 0.906. The third kappa shape index (κ3) is 2.98. The predicted octanol–water partition coefficient (Wildman–Crippen LogP) is 3.40. The van der Waals surface area contributed by atoms with Crippen molar-refractivity contribution in [2.45, 2.75) is 51.6 Å². The number of hydrogen-bond donors (Lipinski definition) is 1. The molecule has 0 aliphatic carbocycles. The molecule has 0 bridgehead atoms. The molecule has 2 nitrogen and oxygen atoms in total. The average Bonchev–Trinajstić information content (AvgIpc) is 2.42. The fourth-order valence-electron chi connectivity index (χ4n) is 2.94. The highest BCUT2D eigenvalue weighted by Gasteiger charge is 2.34. The van der Waals surface area contributed by atoms with Gasteiger partial charge in [0, 0.05) is 11.6 Å². The van der Waals surface area contributed by atoms with Gasteiger partial charge in [-0.2, -0.15) is 0 Å². The van der Waals surface area contributed by atoms with Gasteiger partial charge in [0.25, 0.3) is 0 Å². The third-order valence-corrected chi connectivity index (χ3v) is 4.47.